The molecule has 0 unspecified atom stereocenters. The zero-order chi connectivity index (χ0) is 13.7. The van der Waals surface area contributed by atoms with E-state index in [2.05, 4.69) is 27.4 Å². The molecule has 0 saturated heterocycles. The van der Waals surface area contributed by atoms with Crippen molar-refractivity contribution in [2.45, 2.75) is 20.3 Å². The number of hydrogen-bond donors (Lipinski definition) is 2. The molecule has 2 N–H and O–H groups in total. The summed E-state index contributed by atoms with van der Waals surface area (Å²) in [4.78, 5) is 14.0. The molecular formula is C13H16N4O2. The minimum atomic E-state index is -0.250. The summed E-state index contributed by atoms with van der Waals surface area (Å²) in [6.45, 7) is 4.36. The molecule has 2 rings (SSSR count). The fourth-order valence-corrected chi connectivity index (χ4v) is 1.44. The predicted molar refractivity (Wildman–Crippen MR) is 72.9 cm³/mol. The second kappa shape index (κ2) is 5.99. The summed E-state index contributed by atoms with van der Waals surface area (Å²) in [6, 6.07) is 7.42. The van der Waals surface area contributed by atoms with E-state index in [0.29, 0.717) is 18.2 Å². The Kier molecular flexibility index (Phi) is 4.12. The first-order chi connectivity index (χ1) is 9.19. The normalized spacial score (nSPS) is 10.2. The van der Waals surface area contributed by atoms with Crippen LogP contribution in [0.3, 0.4) is 0 Å². The van der Waals surface area contributed by atoms with E-state index in [1.54, 1.807) is 6.92 Å². The lowest BCUT2D eigenvalue weighted by Gasteiger charge is -2.07. The number of aromatic nitrogens is 3. The number of aryl methyl sites for hydroxylation is 1. The van der Waals surface area contributed by atoms with E-state index in [0.717, 1.165) is 17.9 Å². The molecule has 0 spiro atoms. The van der Waals surface area contributed by atoms with Crippen LogP contribution in [-0.2, 0) is 0 Å². The monoisotopic (exact) mass is 260 g/mol. The molecule has 0 radical (unpaired) electrons. The highest BCUT2D eigenvalue weighted by Crippen LogP contribution is 2.17. The van der Waals surface area contributed by atoms with Crippen LogP contribution in [-0.4, -0.2) is 21.8 Å². The van der Waals surface area contributed by atoms with Crippen molar-refractivity contribution < 1.29 is 4.74 Å². The molecule has 0 aliphatic heterocycles. The Hall–Kier alpha value is -2.37. The lowest BCUT2D eigenvalue weighted by atomic mass is 10.3. The summed E-state index contributed by atoms with van der Waals surface area (Å²) < 4.78 is 5.48. The Balaban J connectivity index is 2.06. The Morgan fingerprint density at radius 2 is 2.00 bits per heavy atom. The van der Waals surface area contributed by atoms with Crippen LogP contribution in [0.1, 0.15) is 19.0 Å². The third-order valence-corrected chi connectivity index (χ3v) is 2.45. The van der Waals surface area contributed by atoms with Crippen molar-refractivity contribution in [3.63, 3.8) is 0 Å². The van der Waals surface area contributed by atoms with Crippen LogP contribution in [0.15, 0.2) is 29.1 Å². The number of anilines is 2. The van der Waals surface area contributed by atoms with Crippen molar-refractivity contribution in [2.75, 3.05) is 11.9 Å². The van der Waals surface area contributed by atoms with Crippen LogP contribution in [0.5, 0.6) is 5.75 Å². The second-order valence-corrected chi connectivity index (χ2v) is 4.09. The average Bonchev–Trinajstić information content (AvgIpc) is 2.42. The zero-order valence-electron chi connectivity index (χ0n) is 10.9. The molecule has 0 amide bonds. The highest BCUT2D eigenvalue weighted by Gasteiger charge is 2.01. The first-order valence-electron chi connectivity index (χ1n) is 6.12. The van der Waals surface area contributed by atoms with Crippen molar-refractivity contribution in [2.24, 2.45) is 0 Å². The molecule has 6 nitrogen and oxygen atoms in total. The molecule has 19 heavy (non-hydrogen) atoms. The minimum Gasteiger partial charge on any atom is -0.494 e. The molecule has 100 valence electrons. The fraction of sp³-hybridized carbons (Fsp3) is 0.308. The summed E-state index contributed by atoms with van der Waals surface area (Å²) in [5.41, 5.74) is 0.895. The molecule has 0 atom stereocenters. The Morgan fingerprint density at radius 1 is 1.26 bits per heavy atom. The number of nitrogens with one attached hydrogen (secondary N) is 2. The average molecular weight is 260 g/mol. The van der Waals surface area contributed by atoms with E-state index in [9.17, 15) is 4.79 Å². The molecule has 0 aliphatic carbocycles. The number of ether oxygens (including phenoxy) is 1. The van der Waals surface area contributed by atoms with Gasteiger partial charge in [0.05, 0.1) is 6.61 Å². The van der Waals surface area contributed by atoms with Crippen molar-refractivity contribution in [1.82, 2.24) is 15.2 Å². The zero-order valence-corrected chi connectivity index (χ0v) is 10.9. The topological polar surface area (TPSA) is 79.9 Å². The fourth-order valence-electron chi connectivity index (χ4n) is 1.44. The van der Waals surface area contributed by atoms with Crippen LogP contribution in [0.2, 0.25) is 0 Å². The standard InChI is InChI=1S/C13H16N4O2/c1-3-8-19-11-6-4-10(5-7-11)14-13-15-12(18)9(2)16-17-13/h4-7H,3,8H2,1-2H3,(H2,14,15,17,18). The van der Waals surface area contributed by atoms with Gasteiger partial charge in [-0.3, -0.25) is 9.78 Å². The molecule has 1 heterocycles. The molecule has 1 aromatic carbocycles. The van der Waals surface area contributed by atoms with Crippen molar-refractivity contribution in [1.29, 1.82) is 0 Å². The van der Waals surface area contributed by atoms with Crippen molar-refractivity contribution >= 4 is 11.6 Å². The first-order valence-corrected chi connectivity index (χ1v) is 6.12. The predicted octanol–water partition coefficient (Wildman–Crippen LogP) is 2.01. The number of rotatable bonds is 5. The number of H-pyrrole nitrogens is 1. The molecule has 0 saturated carbocycles. The third-order valence-electron chi connectivity index (χ3n) is 2.45. The number of nitrogens with zero attached hydrogens (tertiary/aromatic N) is 2. The molecule has 0 fully saturated rings. The van der Waals surface area contributed by atoms with Gasteiger partial charge in [0, 0.05) is 5.69 Å². The van der Waals surface area contributed by atoms with Gasteiger partial charge >= 0.3 is 0 Å². The van der Waals surface area contributed by atoms with Gasteiger partial charge in [-0.05, 0) is 37.6 Å². The molecule has 2 aromatic rings. The van der Waals surface area contributed by atoms with Gasteiger partial charge < -0.3 is 10.1 Å². The van der Waals surface area contributed by atoms with Gasteiger partial charge in [-0.1, -0.05) is 6.92 Å². The summed E-state index contributed by atoms with van der Waals surface area (Å²) in [5.74, 6) is 1.13. The highest BCUT2D eigenvalue weighted by atomic mass is 16.5. The summed E-state index contributed by atoms with van der Waals surface area (Å²) >= 11 is 0. The van der Waals surface area contributed by atoms with E-state index >= 15 is 0 Å². The lowest BCUT2D eigenvalue weighted by molar-refractivity contribution is 0.317. The van der Waals surface area contributed by atoms with E-state index in [1.807, 2.05) is 24.3 Å². The van der Waals surface area contributed by atoms with Crippen molar-refractivity contribution in [3.05, 3.63) is 40.3 Å². The maximum absolute atomic E-state index is 11.4. The van der Waals surface area contributed by atoms with Gasteiger partial charge in [0.1, 0.15) is 11.4 Å². The van der Waals surface area contributed by atoms with Gasteiger partial charge in [0.15, 0.2) is 0 Å². The summed E-state index contributed by atoms with van der Waals surface area (Å²) in [6.07, 6.45) is 0.972. The van der Waals surface area contributed by atoms with Crippen LogP contribution in [0, 0.1) is 6.92 Å². The SMILES string of the molecule is CCCOc1ccc(Nc2nnc(C)c(=O)[nH]2)cc1. The smallest absolute Gasteiger partial charge is 0.273 e. The molecule has 1 aromatic heterocycles. The van der Waals surface area contributed by atoms with E-state index in [4.69, 9.17) is 4.74 Å². The quantitative estimate of drug-likeness (QED) is 0.859. The summed E-state index contributed by atoms with van der Waals surface area (Å²) in [7, 11) is 0. The maximum Gasteiger partial charge on any atom is 0.273 e. The Bertz CT molecular complexity index is 592. The number of aromatic amines is 1. The van der Waals surface area contributed by atoms with Gasteiger partial charge in [0.2, 0.25) is 5.95 Å². The van der Waals surface area contributed by atoms with Crippen LogP contribution in [0.25, 0.3) is 0 Å². The minimum absolute atomic E-state index is 0.250. The second-order valence-electron chi connectivity index (χ2n) is 4.09. The molecular weight excluding hydrogens is 244 g/mol. The largest absolute Gasteiger partial charge is 0.494 e. The van der Waals surface area contributed by atoms with Gasteiger partial charge in [0.25, 0.3) is 5.56 Å². The molecule has 0 bridgehead atoms. The Morgan fingerprint density at radius 3 is 2.63 bits per heavy atom. The highest BCUT2D eigenvalue weighted by molar-refractivity contribution is 5.53. The van der Waals surface area contributed by atoms with E-state index in [1.165, 1.54) is 0 Å². The van der Waals surface area contributed by atoms with E-state index < -0.39 is 0 Å². The van der Waals surface area contributed by atoms with Crippen molar-refractivity contribution in [3.8, 4) is 5.75 Å². The first kappa shape index (κ1) is 13.1. The third kappa shape index (κ3) is 3.54. The Labute approximate surface area is 110 Å². The molecule has 0 aliphatic rings. The lowest BCUT2D eigenvalue weighted by Crippen LogP contribution is -2.15. The van der Waals surface area contributed by atoms with Gasteiger partial charge in [-0.25, -0.2) is 0 Å². The van der Waals surface area contributed by atoms with Crippen LogP contribution in [0.4, 0.5) is 11.6 Å². The van der Waals surface area contributed by atoms with E-state index in [-0.39, 0.29) is 5.56 Å². The number of benzene rings is 1. The number of hydrogen-bond acceptors (Lipinski definition) is 5. The van der Waals surface area contributed by atoms with Gasteiger partial charge in [-0.15, -0.1) is 10.2 Å². The van der Waals surface area contributed by atoms with Crippen LogP contribution < -0.4 is 15.6 Å². The van der Waals surface area contributed by atoms with Gasteiger partial charge in [-0.2, -0.15) is 0 Å². The summed E-state index contributed by atoms with van der Waals surface area (Å²) in [5, 5.41) is 10.6. The maximum atomic E-state index is 11.4. The molecule has 6 heteroatoms. The van der Waals surface area contributed by atoms with Crippen LogP contribution >= 0.6 is 0 Å².